The lowest BCUT2D eigenvalue weighted by atomic mass is 9.95. The molecule has 0 aliphatic heterocycles. The quantitative estimate of drug-likeness (QED) is 0.803. The lowest BCUT2D eigenvalue weighted by molar-refractivity contribution is -0.121. The van der Waals surface area contributed by atoms with Gasteiger partial charge in [-0.3, -0.25) is 4.79 Å². The largest absolute Gasteiger partial charge is 0.349 e. The number of rotatable bonds is 6. The first-order valence-corrected chi connectivity index (χ1v) is 7.01. The molecule has 18 heavy (non-hydrogen) atoms. The fraction of sp³-hybridized carbons (Fsp3) is 0.562. The normalized spacial score (nSPS) is 14.0. The van der Waals surface area contributed by atoms with Crippen LogP contribution in [0.25, 0.3) is 0 Å². The summed E-state index contributed by atoms with van der Waals surface area (Å²) in [7, 11) is 0. The molecule has 2 nitrogen and oxygen atoms in total. The molecule has 0 aliphatic carbocycles. The summed E-state index contributed by atoms with van der Waals surface area (Å²) >= 11 is 0. The van der Waals surface area contributed by atoms with Crippen molar-refractivity contribution < 1.29 is 4.79 Å². The fourth-order valence-electron chi connectivity index (χ4n) is 2.01. The van der Waals surface area contributed by atoms with Gasteiger partial charge in [0.2, 0.25) is 5.91 Å². The van der Waals surface area contributed by atoms with Gasteiger partial charge in [0.1, 0.15) is 0 Å². The van der Waals surface area contributed by atoms with Crippen LogP contribution in [0.5, 0.6) is 0 Å². The summed E-state index contributed by atoms with van der Waals surface area (Å²) in [5.41, 5.74) is 2.57. The Bertz CT molecular complexity index is 369. The average molecular weight is 247 g/mol. The van der Waals surface area contributed by atoms with Crippen LogP contribution in [-0.4, -0.2) is 5.91 Å². The van der Waals surface area contributed by atoms with E-state index < -0.39 is 0 Å². The van der Waals surface area contributed by atoms with Crippen LogP contribution in [-0.2, 0) is 4.79 Å². The van der Waals surface area contributed by atoms with Crippen molar-refractivity contribution in [3.8, 4) is 0 Å². The molecule has 2 atom stereocenters. The summed E-state index contributed by atoms with van der Waals surface area (Å²) in [6.45, 7) is 8.43. The van der Waals surface area contributed by atoms with Crippen LogP contribution in [0.2, 0.25) is 0 Å². The molecule has 100 valence electrons. The summed E-state index contributed by atoms with van der Waals surface area (Å²) in [6, 6.07) is 8.80. The summed E-state index contributed by atoms with van der Waals surface area (Å²) < 4.78 is 0. The molecule has 0 aliphatic rings. The smallest absolute Gasteiger partial charge is 0.220 e. The standard InChI is InChI=1S/C16H25NO/c1-5-12(4)13-8-10-14(11-9-13)15(6-2)17-16(18)7-3/h8-12,15H,5-7H2,1-4H3,(H,17,18)/t12-,15-/m1/s1. The predicted octanol–water partition coefficient (Wildman–Crippen LogP) is 4.18. The zero-order chi connectivity index (χ0) is 13.5. The van der Waals surface area contributed by atoms with E-state index in [9.17, 15) is 4.79 Å². The molecule has 0 heterocycles. The third-order valence-electron chi connectivity index (χ3n) is 3.58. The van der Waals surface area contributed by atoms with Crippen molar-refractivity contribution in [1.82, 2.24) is 5.32 Å². The second-order valence-corrected chi connectivity index (χ2v) is 4.86. The SMILES string of the molecule is CCC(=O)N[C@H](CC)c1ccc([C@H](C)CC)cc1. The van der Waals surface area contributed by atoms with Gasteiger partial charge in [-0.2, -0.15) is 0 Å². The Morgan fingerprint density at radius 2 is 1.61 bits per heavy atom. The highest BCUT2D eigenvalue weighted by Gasteiger charge is 2.12. The number of benzene rings is 1. The van der Waals surface area contributed by atoms with E-state index in [1.54, 1.807) is 0 Å². The van der Waals surface area contributed by atoms with Gasteiger partial charge in [-0.15, -0.1) is 0 Å². The first kappa shape index (κ1) is 14.7. The first-order chi connectivity index (χ1) is 8.62. The Hall–Kier alpha value is -1.31. The minimum atomic E-state index is 0.118. The van der Waals surface area contributed by atoms with Crippen LogP contribution < -0.4 is 5.32 Å². The van der Waals surface area contributed by atoms with E-state index in [0.29, 0.717) is 12.3 Å². The lowest BCUT2D eigenvalue weighted by Gasteiger charge is -2.18. The van der Waals surface area contributed by atoms with Crippen LogP contribution in [0.4, 0.5) is 0 Å². The van der Waals surface area contributed by atoms with E-state index in [-0.39, 0.29) is 11.9 Å². The molecule has 0 spiro atoms. The van der Waals surface area contributed by atoms with Crippen molar-refractivity contribution in [3.05, 3.63) is 35.4 Å². The Balaban J connectivity index is 2.78. The van der Waals surface area contributed by atoms with E-state index >= 15 is 0 Å². The van der Waals surface area contributed by atoms with Crippen LogP contribution in [0.15, 0.2) is 24.3 Å². The maximum absolute atomic E-state index is 11.5. The second kappa shape index (κ2) is 7.20. The van der Waals surface area contributed by atoms with Gasteiger partial charge in [0, 0.05) is 6.42 Å². The predicted molar refractivity (Wildman–Crippen MR) is 76.6 cm³/mol. The molecule has 1 N–H and O–H groups in total. The zero-order valence-electron chi connectivity index (χ0n) is 12.0. The Morgan fingerprint density at radius 3 is 2.06 bits per heavy atom. The molecular formula is C16H25NO. The Labute approximate surface area is 111 Å². The molecule has 1 aromatic rings. The number of carbonyl (C=O) groups is 1. The molecular weight excluding hydrogens is 222 g/mol. The van der Waals surface area contributed by atoms with Crippen molar-refractivity contribution in [2.45, 2.75) is 58.9 Å². The van der Waals surface area contributed by atoms with Gasteiger partial charge in [-0.05, 0) is 29.9 Å². The fourth-order valence-corrected chi connectivity index (χ4v) is 2.01. The highest BCUT2D eigenvalue weighted by molar-refractivity contribution is 5.76. The van der Waals surface area contributed by atoms with Gasteiger partial charge < -0.3 is 5.32 Å². The third kappa shape index (κ3) is 3.86. The molecule has 0 radical (unpaired) electrons. The van der Waals surface area contributed by atoms with Crippen LogP contribution in [0, 0.1) is 0 Å². The summed E-state index contributed by atoms with van der Waals surface area (Å²) in [5.74, 6) is 0.720. The lowest BCUT2D eigenvalue weighted by Crippen LogP contribution is -2.27. The van der Waals surface area contributed by atoms with E-state index in [1.165, 1.54) is 11.1 Å². The molecule has 1 aromatic carbocycles. The van der Waals surface area contributed by atoms with E-state index in [0.717, 1.165) is 12.8 Å². The average Bonchev–Trinajstić information content (AvgIpc) is 2.43. The maximum Gasteiger partial charge on any atom is 0.220 e. The van der Waals surface area contributed by atoms with Gasteiger partial charge >= 0.3 is 0 Å². The van der Waals surface area contributed by atoms with Gasteiger partial charge in [0.25, 0.3) is 0 Å². The molecule has 0 bridgehead atoms. The van der Waals surface area contributed by atoms with Gasteiger partial charge in [-0.1, -0.05) is 52.0 Å². The highest BCUT2D eigenvalue weighted by Crippen LogP contribution is 2.22. The maximum atomic E-state index is 11.5. The number of hydrogen-bond acceptors (Lipinski definition) is 1. The van der Waals surface area contributed by atoms with Crippen molar-refractivity contribution in [3.63, 3.8) is 0 Å². The molecule has 0 unspecified atom stereocenters. The summed E-state index contributed by atoms with van der Waals surface area (Å²) in [4.78, 5) is 11.5. The Morgan fingerprint density at radius 1 is 1.06 bits per heavy atom. The van der Waals surface area contributed by atoms with Crippen molar-refractivity contribution in [1.29, 1.82) is 0 Å². The number of hydrogen-bond donors (Lipinski definition) is 1. The monoisotopic (exact) mass is 247 g/mol. The van der Waals surface area contributed by atoms with E-state index in [1.807, 2.05) is 6.92 Å². The molecule has 1 rings (SSSR count). The minimum Gasteiger partial charge on any atom is -0.349 e. The molecule has 0 fully saturated rings. The highest BCUT2D eigenvalue weighted by atomic mass is 16.1. The molecule has 2 heteroatoms. The van der Waals surface area contributed by atoms with E-state index in [4.69, 9.17) is 0 Å². The molecule has 0 saturated heterocycles. The number of amides is 1. The van der Waals surface area contributed by atoms with Gasteiger partial charge in [-0.25, -0.2) is 0 Å². The van der Waals surface area contributed by atoms with Crippen molar-refractivity contribution >= 4 is 5.91 Å². The number of carbonyl (C=O) groups excluding carboxylic acids is 1. The molecule has 1 amide bonds. The number of nitrogens with one attached hydrogen (secondary N) is 1. The summed E-state index contributed by atoms with van der Waals surface area (Å²) in [5, 5.41) is 3.06. The van der Waals surface area contributed by atoms with Crippen molar-refractivity contribution in [2.75, 3.05) is 0 Å². The van der Waals surface area contributed by atoms with Gasteiger partial charge in [0.05, 0.1) is 6.04 Å². The minimum absolute atomic E-state index is 0.118. The Kier molecular flexibility index (Phi) is 5.90. The third-order valence-corrected chi connectivity index (χ3v) is 3.58. The summed E-state index contributed by atoms with van der Waals surface area (Å²) in [6.07, 6.45) is 2.62. The zero-order valence-corrected chi connectivity index (χ0v) is 12.0. The van der Waals surface area contributed by atoms with Crippen LogP contribution in [0.1, 0.15) is 70.0 Å². The van der Waals surface area contributed by atoms with E-state index in [2.05, 4.69) is 50.4 Å². The van der Waals surface area contributed by atoms with Crippen LogP contribution >= 0.6 is 0 Å². The topological polar surface area (TPSA) is 29.1 Å². The van der Waals surface area contributed by atoms with Gasteiger partial charge in [0.15, 0.2) is 0 Å². The van der Waals surface area contributed by atoms with Crippen LogP contribution in [0.3, 0.4) is 0 Å². The molecule has 0 saturated carbocycles. The first-order valence-electron chi connectivity index (χ1n) is 7.01. The second-order valence-electron chi connectivity index (χ2n) is 4.86. The molecule has 0 aromatic heterocycles. The van der Waals surface area contributed by atoms with Crippen molar-refractivity contribution in [2.24, 2.45) is 0 Å².